The van der Waals surface area contributed by atoms with Gasteiger partial charge in [0.15, 0.2) is 6.10 Å². The van der Waals surface area contributed by atoms with Crippen molar-refractivity contribution in [2.24, 2.45) is 0 Å². The summed E-state index contributed by atoms with van der Waals surface area (Å²) in [6.07, 6.45) is 42.5. The van der Waals surface area contributed by atoms with Gasteiger partial charge in [0, 0.05) is 19.3 Å². The van der Waals surface area contributed by atoms with E-state index in [2.05, 4.69) is 38.2 Å². The van der Waals surface area contributed by atoms with Gasteiger partial charge < -0.3 is 14.2 Å². The minimum Gasteiger partial charge on any atom is -0.462 e. The topological polar surface area (TPSA) is 78.9 Å². The van der Waals surface area contributed by atoms with Gasteiger partial charge in [0.05, 0.1) is 0 Å². The molecule has 6 heteroatoms. The maximum atomic E-state index is 12.6. The highest BCUT2D eigenvalue weighted by molar-refractivity contribution is 5.71. The van der Waals surface area contributed by atoms with Gasteiger partial charge in [0.2, 0.25) is 0 Å². The second-order valence-corrected chi connectivity index (χ2v) is 14.3. The van der Waals surface area contributed by atoms with Crippen LogP contribution in [0.25, 0.3) is 0 Å². The van der Waals surface area contributed by atoms with Crippen molar-refractivity contribution in [2.45, 2.75) is 226 Å². The molecule has 0 amide bonds. The second kappa shape index (κ2) is 39.7. The summed E-state index contributed by atoms with van der Waals surface area (Å²) in [6, 6.07) is 0. The van der Waals surface area contributed by atoms with Gasteiger partial charge in [-0.1, -0.05) is 154 Å². The molecule has 0 N–H and O–H groups in total. The molecule has 0 bridgehead atoms. The van der Waals surface area contributed by atoms with E-state index in [1.807, 2.05) is 6.92 Å². The lowest BCUT2D eigenvalue weighted by atomic mass is 10.1. The first kappa shape index (κ1) is 47.9. The summed E-state index contributed by atoms with van der Waals surface area (Å²) in [4.78, 5) is 37.0. The molecule has 0 aromatic carbocycles. The lowest BCUT2D eigenvalue weighted by Gasteiger charge is -2.18. The molecule has 0 aliphatic rings. The highest BCUT2D eigenvalue weighted by Crippen LogP contribution is 2.13. The number of hydrogen-bond donors (Lipinski definition) is 0. The van der Waals surface area contributed by atoms with Crippen LogP contribution in [0.2, 0.25) is 0 Å². The van der Waals surface area contributed by atoms with Gasteiger partial charge in [-0.25, -0.2) is 0 Å². The fraction of sp³-hybridized carbons (Fsp3) is 0.841. The van der Waals surface area contributed by atoms with Crippen LogP contribution in [-0.4, -0.2) is 37.2 Å². The third-order valence-corrected chi connectivity index (χ3v) is 9.18. The minimum atomic E-state index is -0.769. The Morgan fingerprint density at radius 1 is 0.380 bits per heavy atom. The Kier molecular flexibility index (Phi) is 38.0. The van der Waals surface area contributed by atoms with Gasteiger partial charge in [-0.3, -0.25) is 14.4 Å². The number of carbonyl (C=O) groups excluding carboxylic acids is 3. The molecular weight excluding hydrogens is 624 g/mol. The van der Waals surface area contributed by atoms with Crippen LogP contribution in [0, 0.1) is 0 Å². The van der Waals surface area contributed by atoms with Gasteiger partial charge in [0.1, 0.15) is 13.2 Å². The van der Waals surface area contributed by atoms with E-state index in [4.69, 9.17) is 14.2 Å². The van der Waals surface area contributed by atoms with Crippen molar-refractivity contribution in [3.05, 3.63) is 24.3 Å². The van der Waals surface area contributed by atoms with Crippen LogP contribution < -0.4 is 0 Å². The van der Waals surface area contributed by atoms with E-state index in [0.717, 1.165) is 64.2 Å². The van der Waals surface area contributed by atoms with Gasteiger partial charge >= 0.3 is 17.9 Å². The summed E-state index contributed by atoms with van der Waals surface area (Å²) in [5.41, 5.74) is 0. The zero-order chi connectivity index (χ0) is 36.6. The Bertz CT molecular complexity index is 819. The van der Waals surface area contributed by atoms with E-state index in [9.17, 15) is 14.4 Å². The van der Waals surface area contributed by atoms with Crippen LogP contribution in [-0.2, 0) is 28.6 Å². The van der Waals surface area contributed by atoms with E-state index in [-0.39, 0.29) is 31.1 Å². The molecule has 0 radical (unpaired) electrons. The number of esters is 3. The number of allylic oxidation sites excluding steroid dienone is 4. The van der Waals surface area contributed by atoms with Crippen LogP contribution in [0.4, 0.5) is 0 Å². The SMILES string of the molecule is CCCCCCCCC=CCCCCCCCC(=O)OCC(COC(=O)CCCC)OC(=O)CCCCCCCC=CCCCCCCCC. The highest BCUT2D eigenvalue weighted by Gasteiger charge is 2.19. The number of rotatable bonds is 38. The number of ether oxygens (including phenoxy) is 3. The Hall–Kier alpha value is -2.11. The molecule has 0 heterocycles. The summed E-state index contributed by atoms with van der Waals surface area (Å²) in [6.45, 7) is 6.37. The maximum Gasteiger partial charge on any atom is 0.306 e. The molecule has 0 aromatic rings. The first-order valence-electron chi connectivity index (χ1n) is 21.3. The summed E-state index contributed by atoms with van der Waals surface area (Å²) < 4.78 is 16.4. The van der Waals surface area contributed by atoms with Crippen LogP contribution in [0.3, 0.4) is 0 Å². The third-order valence-electron chi connectivity index (χ3n) is 9.18. The average molecular weight is 705 g/mol. The van der Waals surface area contributed by atoms with Crippen molar-refractivity contribution in [1.82, 2.24) is 0 Å². The summed E-state index contributed by atoms with van der Waals surface area (Å²) in [7, 11) is 0. The Labute approximate surface area is 309 Å². The first-order chi connectivity index (χ1) is 24.5. The number of hydrogen-bond acceptors (Lipinski definition) is 6. The average Bonchev–Trinajstić information content (AvgIpc) is 3.11. The molecule has 50 heavy (non-hydrogen) atoms. The molecule has 292 valence electrons. The molecule has 0 aliphatic heterocycles. The molecular formula is C44H80O6. The zero-order valence-electron chi connectivity index (χ0n) is 33.2. The highest BCUT2D eigenvalue weighted by atomic mass is 16.6. The molecule has 0 saturated heterocycles. The molecule has 0 fully saturated rings. The van der Waals surface area contributed by atoms with E-state index in [1.54, 1.807) is 0 Å². The normalized spacial score (nSPS) is 12.1. The van der Waals surface area contributed by atoms with Crippen molar-refractivity contribution < 1.29 is 28.6 Å². The monoisotopic (exact) mass is 705 g/mol. The van der Waals surface area contributed by atoms with Gasteiger partial charge in [-0.2, -0.15) is 0 Å². The van der Waals surface area contributed by atoms with Crippen molar-refractivity contribution in [3.63, 3.8) is 0 Å². The van der Waals surface area contributed by atoms with E-state index in [1.165, 1.54) is 116 Å². The van der Waals surface area contributed by atoms with E-state index >= 15 is 0 Å². The van der Waals surface area contributed by atoms with Gasteiger partial charge in [-0.15, -0.1) is 0 Å². The molecule has 6 nitrogen and oxygen atoms in total. The predicted octanol–water partition coefficient (Wildman–Crippen LogP) is 13.2. The quantitative estimate of drug-likeness (QED) is 0.0275. The molecule has 0 spiro atoms. The Morgan fingerprint density at radius 2 is 0.680 bits per heavy atom. The molecule has 0 rings (SSSR count). The third kappa shape index (κ3) is 37.2. The van der Waals surface area contributed by atoms with Gasteiger partial charge in [-0.05, 0) is 70.6 Å². The van der Waals surface area contributed by atoms with Crippen LogP contribution in [0.5, 0.6) is 0 Å². The molecule has 0 aliphatic carbocycles. The molecule has 0 aromatic heterocycles. The summed E-state index contributed by atoms with van der Waals surface area (Å²) in [5, 5.41) is 0. The molecule has 0 saturated carbocycles. The van der Waals surface area contributed by atoms with Crippen LogP contribution in [0.15, 0.2) is 24.3 Å². The Morgan fingerprint density at radius 3 is 1.06 bits per heavy atom. The summed E-state index contributed by atoms with van der Waals surface area (Å²) in [5.74, 6) is -0.937. The predicted molar refractivity (Wildman–Crippen MR) is 210 cm³/mol. The van der Waals surface area contributed by atoms with Crippen molar-refractivity contribution in [1.29, 1.82) is 0 Å². The fourth-order valence-electron chi connectivity index (χ4n) is 5.88. The minimum absolute atomic E-state index is 0.0803. The van der Waals surface area contributed by atoms with Crippen LogP contribution in [0.1, 0.15) is 220 Å². The maximum absolute atomic E-state index is 12.6. The number of unbranched alkanes of at least 4 members (excludes halogenated alkanes) is 23. The second-order valence-electron chi connectivity index (χ2n) is 14.3. The van der Waals surface area contributed by atoms with E-state index in [0.29, 0.717) is 19.3 Å². The lowest BCUT2D eigenvalue weighted by Crippen LogP contribution is -2.30. The zero-order valence-corrected chi connectivity index (χ0v) is 33.2. The number of carbonyl (C=O) groups is 3. The lowest BCUT2D eigenvalue weighted by molar-refractivity contribution is -0.167. The van der Waals surface area contributed by atoms with Crippen LogP contribution >= 0.6 is 0 Å². The van der Waals surface area contributed by atoms with E-state index < -0.39 is 6.10 Å². The standard InChI is InChI=1S/C44H80O6/c1-4-7-10-12-14-16-18-20-22-24-26-28-30-32-34-37-43(46)49-40-41(39-48-42(45)36-9-6-3)50-44(47)38-35-33-31-29-27-25-23-21-19-17-15-13-11-8-5-2/h20-23,41H,4-19,24-40H2,1-3H3. The molecule has 1 unspecified atom stereocenters. The summed E-state index contributed by atoms with van der Waals surface area (Å²) >= 11 is 0. The smallest absolute Gasteiger partial charge is 0.306 e. The first-order valence-corrected chi connectivity index (χ1v) is 21.3. The molecule has 1 atom stereocenters. The van der Waals surface area contributed by atoms with Gasteiger partial charge in [0.25, 0.3) is 0 Å². The Balaban J connectivity index is 4.09. The van der Waals surface area contributed by atoms with Crippen molar-refractivity contribution in [2.75, 3.05) is 13.2 Å². The van der Waals surface area contributed by atoms with Crippen molar-refractivity contribution >= 4 is 17.9 Å². The fourth-order valence-corrected chi connectivity index (χ4v) is 5.88. The largest absolute Gasteiger partial charge is 0.462 e. The van der Waals surface area contributed by atoms with Crippen molar-refractivity contribution in [3.8, 4) is 0 Å².